The molecule has 2 aromatic carbocycles. The van der Waals surface area contributed by atoms with Crippen molar-refractivity contribution in [3.05, 3.63) is 59.7 Å². The first-order valence-electron chi connectivity index (χ1n) is 11.0. The van der Waals surface area contributed by atoms with E-state index in [-0.39, 0.29) is 18.1 Å². The summed E-state index contributed by atoms with van der Waals surface area (Å²) in [5, 5.41) is 2.81. The zero-order valence-corrected chi connectivity index (χ0v) is 18.8. The summed E-state index contributed by atoms with van der Waals surface area (Å²) >= 11 is 0. The molecule has 2 heterocycles. The third-order valence-corrected chi connectivity index (χ3v) is 5.88. The molecule has 4 rings (SSSR count). The Morgan fingerprint density at radius 3 is 2.50 bits per heavy atom. The van der Waals surface area contributed by atoms with Gasteiger partial charge in [0.1, 0.15) is 18.0 Å². The number of piperidine rings is 1. The minimum absolute atomic E-state index is 0.169. The molecule has 2 amide bonds. The molecule has 1 N–H and O–H groups in total. The number of amides is 2. The van der Waals surface area contributed by atoms with Crippen molar-refractivity contribution < 1.29 is 23.8 Å². The van der Waals surface area contributed by atoms with Crippen molar-refractivity contribution in [2.24, 2.45) is 0 Å². The summed E-state index contributed by atoms with van der Waals surface area (Å²) in [6, 6.07) is 15.3. The number of nitrogens with zero attached hydrogens (tertiary/aromatic N) is 1. The number of hydrogen-bond acceptors (Lipinski definition) is 5. The summed E-state index contributed by atoms with van der Waals surface area (Å²) in [7, 11) is 0. The van der Waals surface area contributed by atoms with Gasteiger partial charge in [-0.2, -0.15) is 0 Å². The van der Waals surface area contributed by atoms with Crippen molar-refractivity contribution in [1.29, 1.82) is 0 Å². The van der Waals surface area contributed by atoms with Crippen molar-refractivity contribution in [2.45, 2.75) is 51.2 Å². The number of anilines is 1. The fourth-order valence-electron chi connectivity index (χ4n) is 4.20. The highest BCUT2D eigenvalue weighted by Crippen LogP contribution is 2.46. The molecule has 1 fully saturated rings. The number of ether oxygens (including phenoxy) is 3. The second kappa shape index (κ2) is 8.73. The Hall–Kier alpha value is -3.22. The summed E-state index contributed by atoms with van der Waals surface area (Å²) in [5.41, 5.74) is 1.98. The van der Waals surface area contributed by atoms with E-state index in [2.05, 4.69) is 5.32 Å². The molecular formula is C25H30N2O5. The molecule has 0 aliphatic carbocycles. The van der Waals surface area contributed by atoms with Crippen molar-refractivity contribution in [2.75, 3.05) is 25.0 Å². The van der Waals surface area contributed by atoms with Crippen LogP contribution >= 0.6 is 0 Å². The predicted molar refractivity (Wildman–Crippen MR) is 121 cm³/mol. The third-order valence-electron chi connectivity index (χ3n) is 5.88. The molecule has 32 heavy (non-hydrogen) atoms. The van der Waals surface area contributed by atoms with Gasteiger partial charge in [0.05, 0.1) is 6.61 Å². The van der Waals surface area contributed by atoms with Gasteiger partial charge in [0.2, 0.25) is 0 Å². The first-order valence-corrected chi connectivity index (χ1v) is 11.0. The summed E-state index contributed by atoms with van der Waals surface area (Å²) in [4.78, 5) is 26.4. The number of benzene rings is 2. The van der Waals surface area contributed by atoms with Crippen molar-refractivity contribution in [3.8, 4) is 5.75 Å². The van der Waals surface area contributed by atoms with E-state index in [1.54, 1.807) is 4.90 Å². The predicted octanol–water partition coefficient (Wildman–Crippen LogP) is 5.10. The van der Waals surface area contributed by atoms with Gasteiger partial charge in [0, 0.05) is 29.8 Å². The third kappa shape index (κ3) is 4.98. The van der Waals surface area contributed by atoms with Crippen LogP contribution < -0.4 is 10.1 Å². The molecule has 0 bridgehead atoms. The van der Waals surface area contributed by atoms with Crippen LogP contribution in [-0.2, 0) is 21.5 Å². The Kier molecular flexibility index (Phi) is 6.00. The molecule has 7 heteroatoms. The molecule has 7 nitrogen and oxygen atoms in total. The Morgan fingerprint density at radius 2 is 1.81 bits per heavy atom. The molecule has 0 radical (unpaired) electrons. The van der Waals surface area contributed by atoms with Gasteiger partial charge in [-0.1, -0.05) is 30.3 Å². The molecule has 1 saturated heterocycles. The van der Waals surface area contributed by atoms with E-state index in [1.807, 2.05) is 69.3 Å². The standard InChI is InChI=1S/C25H30N2O5/c1-24(2,3)32-22(28)26-19-9-10-21-20(15-19)25(17-31-21)11-13-27(14-12-25)23(29)30-16-18-7-5-4-6-8-18/h4-10,15H,11-14,16-17H2,1-3H3,(H,26,28). The van der Waals surface area contributed by atoms with E-state index in [4.69, 9.17) is 14.2 Å². The average Bonchev–Trinajstić information content (AvgIpc) is 3.09. The van der Waals surface area contributed by atoms with Gasteiger partial charge in [0.25, 0.3) is 0 Å². The lowest BCUT2D eigenvalue weighted by atomic mass is 9.74. The Bertz CT molecular complexity index is 976. The lowest BCUT2D eigenvalue weighted by molar-refractivity contribution is 0.0635. The highest BCUT2D eigenvalue weighted by molar-refractivity contribution is 5.85. The molecule has 170 valence electrons. The van der Waals surface area contributed by atoms with Crippen LogP contribution in [0, 0.1) is 0 Å². The fourth-order valence-corrected chi connectivity index (χ4v) is 4.20. The summed E-state index contributed by atoms with van der Waals surface area (Å²) in [6.45, 7) is 7.53. The SMILES string of the molecule is CC(C)(C)OC(=O)Nc1ccc2c(c1)C1(CCN(C(=O)OCc3ccccc3)CC1)CO2. The number of nitrogens with one attached hydrogen (secondary N) is 1. The van der Waals surface area contributed by atoms with Crippen LogP contribution in [0.25, 0.3) is 0 Å². The fraction of sp³-hybridized carbons (Fsp3) is 0.440. The maximum absolute atomic E-state index is 12.5. The van der Waals surface area contributed by atoms with Gasteiger partial charge < -0.3 is 19.1 Å². The topological polar surface area (TPSA) is 77.1 Å². The second-order valence-corrected chi connectivity index (χ2v) is 9.43. The first-order chi connectivity index (χ1) is 15.2. The van der Waals surface area contributed by atoms with Crippen molar-refractivity contribution in [1.82, 2.24) is 4.90 Å². The monoisotopic (exact) mass is 438 g/mol. The smallest absolute Gasteiger partial charge is 0.412 e. The molecule has 0 aromatic heterocycles. The van der Waals surface area contributed by atoms with Gasteiger partial charge in [-0.15, -0.1) is 0 Å². The minimum atomic E-state index is -0.562. The van der Waals surface area contributed by atoms with E-state index in [0.29, 0.717) is 25.4 Å². The van der Waals surface area contributed by atoms with Gasteiger partial charge in [-0.25, -0.2) is 9.59 Å². The first kappa shape index (κ1) is 22.0. The maximum Gasteiger partial charge on any atom is 0.412 e. The molecule has 2 aliphatic heterocycles. The highest BCUT2D eigenvalue weighted by atomic mass is 16.6. The van der Waals surface area contributed by atoms with E-state index in [1.165, 1.54) is 0 Å². The van der Waals surface area contributed by atoms with Crippen LogP contribution in [0.1, 0.15) is 44.7 Å². The van der Waals surface area contributed by atoms with E-state index in [9.17, 15) is 9.59 Å². The number of carbonyl (C=O) groups excluding carboxylic acids is 2. The minimum Gasteiger partial charge on any atom is -0.492 e. The Balaban J connectivity index is 1.37. The lowest BCUT2D eigenvalue weighted by Crippen LogP contribution is -2.46. The quantitative estimate of drug-likeness (QED) is 0.722. The number of hydrogen-bond donors (Lipinski definition) is 1. The van der Waals surface area contributed by atoms with Crippen LogP contribution in [0.3, 0.4) is 0 Å². The Labute approximate surface area is 188 Å². The molecule has 0 atom stereocenters. The van der Waals surface area contributed by atoms with Crippen molar-refractivity contribution in [3.63, 3.8) is 0 Å². The number of likely N-dealkylation sites (tertiary alicyclic amines) is 1. The van der Waals surface area contributed by atoms with Crippen LogP contribution in [0.5, 0.6) is 5.75 Å². The molecular weight excluding hydrogens is 408 g/mol. The largest absolute Gasteiger partial charge is 0.492 e. The summed E-state index contributed by atoms with van der Waals surface area (Å²) < 4.78 is 16.8. The van der Waals surface area contributed by atoms with E-state index >= 15 is 0 Å². The van der Waals surface area contributed by atoms with Gasteiger partial charge in [-0.05, 0) is 57.4 Å². The normalized spacial score (nSPS) is 16.8. The van der Waals surface area contributed by atoms with Gasteiger partial charge in [0.15, 0.2) is 0 Å². The average molecular weight is 439 g/mol. The summed E-state index contributed by atoms with van der Waals surface area (Å²) in [5.74, 6) is 0.833. The zero-order valence-electron chi connectivity index (χ0n) is 18.8. The van der Waals surface area contributed by atoms with Crippen LogP contribution in [0.15, 0.2) is 48.5 Å². The van der Waals surface area contributed by atoms with Gasteiger partial charge in [-0.3, -0.25) is 5.32 Å². The molecule has 2 aliphatic rings. The number of carbonyl (C=O) groups is 2. The van der Waals surface area contributed by atoms with Crippen LogP contribution in [0.2, 0.25) is 0 Å². The molecule has 1 spiro atoms. The lowest BCUT2D eigenvalue weighted by Gasteiger charge is -2.38. The van der Waals surface area contributed by atoms with E-state index < -0.39 is 11.7 Å². The molecule has 0 unspecified atom stereocenters. The zero-order chi connectivity index (χ0) is 22.8. The number of rotatable bonds is 3. The van der Waals surface area contributed by atoms with Crippen LogP contribution in [-0.4, -0.2) is 42.4 Å². The maximum atomic E-state index is 12.5. The summed E-state index contributed by atoms with van der Waals surface area (Å²) in [6.07, 6.45) is 0.775. The highest BCUT2D eigenvalue weighted by Gasteiger charge is 2.44. The van der Waals surface area contributed by atoms with Crippen LogP contribution in [0.4, 0.5) is 15.3 Å². The molecule has 2 aromatic rings. The second-order valence-electron chi connectivity index (χ2n) is 9.43. The van der Waals surface area contributed by atoms with Gasteiger partial charge >= 0.3 is 12.2 Å². The number of fused-ring (bicyclic) bond motifs is 2. The van der Waals surface area contributed by atoms with Crippen molar-refractivity contribution >= 4 is 17.9 Å². The van der Waals surface area contributed by atoms with E-state index in [0.717, 1.165) is 29.7 Å². The Morgan fingerprint density at radius 1 is 1.09 bits per heavy atom. The molecule has 0 saturated carbocycles.